The second-order valence-corrected chi connectivity index (χ2v) is 4.91. The van der Waals surface area contributed by atoms with Gasteiger partial charge in [-0.05, 0) is 5.92 Å². The molecule has 10 heteroatoms. The van der Waals surface area contributed by atoms with Gasteiger partial charge in [-0.1, -0.05) is 13.8 Å². The van der Waals surface area contributed by atoms with Crippen LogP contribution in [0.5, 0.6) is 0 Å². The van der Waals surface area contributed by atoms with Crippen LogP contribution in [0.25, 0.3) is 0 Å². The Kier molecular flexibility index (Phi) is 8.72. The predicted octanol–water partition coefficient (Wildman–Crippen LogP) is -3.24. The van der Waals surface area contributed by atoms with Crippen LogP contribution in [0.2, 0.25) is 0 Å². The highest BCUT2D eigenvalue weighted by Gasteiger charge is 2.24. The number of carboxylic acids is 1. The lowest BCUT2D eigenvalue weighted by Gasteiger charge is -2.21. The van der Waals surface area contributed by atoms with Gasteiger partial charge in [0, 0.05) is 0 Å². The quantitative estimate of drug-likeness (QED) is 0.259. The molecule has 0 aromatic heterocycles. The maximum atomic E-state index is 11.8. The Labute approximate surface area is 127 Å². The molecule has 0 bridgehead atoms. The van der Waals surface area contributed by atoms with Gasteiger partial charge in [0.1, 0.15) is 18.6 Å². The smallest absolute Gasteiger partial charge is 0.322 e. The average Bonchev–Trinajstić information content (AvgIpc) is 2.46. The predicted molar refractivity (Wildman–Crippen MR) is 75.5 cm³/mol. The zero-order valence-corrected chi connectivity index (χ0v) is 12.5. The van der Waals surface area contributed by atoms with E-state index in [1.807, 2.05) is 0 Å². The highest BCUT2D eigenvalue weighted by molar-refractivity contribution is 5.92. The molecule has 0 aliphatic heterocycles. The van der Waals surface area contributed by atoms with Gasteiger partial charge in [0.2, 0.25) is 17.7 Å². The van der Waals surface area contributed by atoms with Crippen molar-refractivity contribution in [2.75, 3.05) is 19.7 Å². The summed E-state index contributed by atoms with van der Waals surface area (Å²) in [5.41, 5.74) is 5.25. The van der Waals surface area contributed by atoms with Crippen molar-refractivity contribution in [3.8, 4) is 0 Å². The van der Waals surface area contributed by atoms with E-state index in [1.54, 1.807) is 13.8 Å². The first kappa shape index (κ1) is 19.8. The van der Waals surface area contributed by atoms with Crippen LogP contribution in [0, 0.1) is 5.92 Å². The first-order chi connectivity index (χ1) is 10.2. The second-order valence-electron chi connectivity index (χ2n) is 4.91. The lowest BCUT2D eigenvalue weighted by molar-refractivity contribution is -0.138. The molecule has 0 aliphatic carbocycles. The second kappa shape index (κ2) is 9.68. The molecule has 0 aromatic rings. The van der Waals surface area contributed by atoms with Gasteiger partial charge in [-0.25, -0.2) is 0 Å². The zero-order valence-electron chi connectivity index (χ0n) is 12.5. The summed E-state index contributed by atoms with van der Waals surface area (Å²) in [6, 6.07) is -2.07. The topological polar surface area (TPSA) is 171 Å². The third-order valence-electron chi connectivity index (χ3n) is 2.64. The molecular weight excluding hydrogens is 296 g/mol. The molecule has 2 atom stereocenters. The number of aliphatic carboxylic acids is 1. The van der Waals surface area contributed by atoms with Crippen LogP contribution in [0.4, 0.5) is 0 Å². The van der Waals surface area contributed by atoms with Crippen LogP contribution in [0.15, 0.2) is 0 Å². The lowest BCUT2D eigenvalue weighted by Crippen LogP contribution is -2.53. The third kappa shape index (κ3) is 7.55. The first-order valence-corrected chi connectivity index (χ1v) is 6.62. The molecule has 126 valence electrons. The first-order valence-electron chi connectivity index (χ1n) is 6.62. The highest BCUT2D eigenvalue weighted by Crippen LogP contribution is 2.01. The van der Waals surface area contributed by atoms with Crippen molar-refractivity contribution in [2.45, 2.75) is 25.9 Å². The van der Waals surface area contributed by atoms with E-state index in [1.165, 1.54) is 0 Å². The Bertz CT molecular complexity index is 426. The van der Waals surface area contributed by atoms with E-state index in [2.05, 4.69) is 16.0 Å². The van der Waals surface area contributed by atoms with Crippen molar-refractivity contribution in [3.63, 3.8) is 0 Å². The van der Waals surface area contributed by atoms with Crippen LogP contribution in [0.1, 0.15) is 13.8 Å². The summed E-state index contributed by atoms with van der Waals surface area (Å²) < 4.78 is 0. The number of nitrogens with two attached hydrogens (primary N) is 1. The van der Waals surface area contributed by atoms with Crippen molar-refractivity contribution in [1.82, 2.24) is 16.0 Å². The van der Waals surface area contributed by atoms with Crippen LogP contribution in [-0.4, -0.2) is 65.7 Å². The standard InChI is InChI=1S/C12H22N4O6/c1-6(2)10(12(22)15-4-9(19)20)16-8(18)3-14-11(21)7(13)5-17/h6-7,10,17H,3-5,13H2,1-2H3,(H,14,21)(H,15,22)(H,16,18)(H,19,20). The number of aliphatic hydroxyl groups excluding tert-OH is 1. The zero-order chi connectivity index (χ0) is 17.3. The van der Waals surface area contributed by atoms with Gasteiger partial charge in [-0.3, -0.25) is 19.2 Å². The molecule has 0 aromatic carbocycles. The molecule has 0 spiro atoms. The molecule has 22 heavy (non-hydrogen) atoms. The summed E-state index contributed by atoms with van der Waals surface area (Å²) in [6.07, 6.45) is 0. The number of carbonyl (C=O) groups is 4. The molecule has 0 rings (SSSR count). The molecule has 0 saturated heterocycles. The maximum absolute atomic E-state index is 11.8. The number of amides is 3. The average molecular weight is 318 g/mol. The van der Waals surface area contributed by atoms with Gasteiger partial charge in [0.15, 0.2) is 0 Å². The number of aliphatic hydroxyl groups is 1. The number of hydrogen-bond donors (Lipinski definition) is 6. The lowest BCUT2D eigenvalue weighted by atomic mass is 10.0. The summed E-state index contributed by atoms with van der Waals surface area (Å²) >= 11 is 0. The monoisotopic (exact) mass is 318 g/mol. The maximum Gasteiger partial charge on any atom is 0.322 e. The number of carboxylic acid groups (broad SMARTS) is 1. The van der Waals surface area contributed by atoms with Gasteiger partial charge in [0.05, 0.1) is 13.2 Å². The SMILES string of the molecule is CC(C)C(NC(=O)CNC(=O)C(N)CO)C(=O)NCC(=O)O. The van der Waals surface area contributed by atoms with Crippen molar-refractivity contribution in [2.24, 2.45) is 11.7 Å². The van der Waals surface area contributed by atoms with Crippen molar-refractivity contribution >= 4 is 23.7 Å². The van der Waals surface area contributed by atoms with E-state index >= 15 is 0 Å². The van der Waals surface area contributed by atoms with Gasteiger partial charge in [-0.2, -0.15) is 0 Å². The Balaban J connectivity index is 4.44. The molecule has 7 N–H and O–H groups in total. The Morgan fingerprint density at radius 2 is 1.59 bits per heavy atom. The molecular formula is C12H22N4O6. The highest BCUT2D eigenvalue weighted by atomic mass is 16.4. The van der Waals surface area contributed by atoms with Crippen molar-refractivity contribution < 1.29 is 29.4 Å². The summed E-state index contributed by atoms with van der Waals surface area (Å²) in [7, 11) is 0. The van der Waals surface area contributed by atoms with Gasteiger partial charge < -0.3 is 31.9 Å². The van der Waals surface area contributed by atoms with E-state index in [9.17, 15) is 19.2 Å². The number of rotatable bonds is 9. The minimum Gasteiger partial charge on any atom is -0.480 e. The summed E-state index contributed by atoms with van der Waals surface area (Å²) in [5.74, 6) is -3.46. The van der Waals surface area contributed by atoms with Crippen LogP contribution in [-0.2, 0) is 19.2 Å². The third-order valence-corrected chi connectivity index (χ3v) is 2.64. The van der Waals surface area contributed by atoms with Crippen LogP contribution >= 0.6 is 0 Å². The summed E-state index contributed by atoms with van der Waals surface area (Å²) in [4.78, 5) is 45.2. The number of hydrogen-bond acceptors (Lipinski definition) is 6. The minimum atomic E-state index is -1.20. The normalized spacial score (nSPS) is 13.1. The molecule has 0 radical (unpaired) electrons. The minimum absolute atomic E-state index is 0.284. The Morgan fingerprint density at radius 1 is 1.05 bits per heavy atom. The van der Waals surface area contributed by atoms with Gasteiger partial charge in [-0.15, -0.1) is 0 Å². The molecule has 0 aliphatic rings. The molecule has 3 amide bonds. The van der Waals surface area contributed by atoms with Gasteiger partial charge >= 0.3 is 5.97 Å². The van der Waals surface area contributed by atoms with Crippen molar-refractivity contribution in [1.29, 1.82) is 0 Å². The van der Waals surface area contributed by atoms with E-state index in [-0.39, 0.29) is 5.92 Å². The molecule has 0 fully saturated rings. The van der Waals surface area contributed by atoms with Crippen LogP contribution in [0.3, 0.4) is 0 Å². The molecule has 10 nitrogen and oxygen atoms in total. The summed E-state index contributed by atoms with van der Waals surface area (Å²) in [5, 5.41) is 23.9. The largest absolute Gasteiger partial charge is 0.480 e. The molecule has 0 saturated carbocycles. The summed E-state index contributed by atoms with van der Waals surface area (Å²) in [6.45, 7) is 1.82. The van der Waals surface area contributed by atoms with Crippen molar-refractivity contribution in [3.05, 3.63) is 0 Å². The van der Waals surface area contributed by atoms with Crippen LogP contribution < -0.4 is 21.7 Å². The molecule has 2 unspecified atom stereocenters. The van der Waals surface area contributed by atoms with Gasteiger partial charge in [0.25, 0.3) is 0 Å². The van der Waals surface area contributed by atoms with E-state index < -0.39 is 55.5 Å². The number of carbonyl (C=O) groups excluding carboxylic acids is 3. The van der Waals surface area contributed by atoms with E-state index in [4.69, 9.17) is 15.9 Å². The Morgan fingerprint density at radius 3 is 2.05 bits per heavy atom. The molecule has 0 heterocycles. The van der Waals surface area contributed by atoms with E-state index in [0.717, 1.165) is 0 Å². The fourth-order valence-electron chi connectivity index (χ4n) is 1.41. The number of nitrogens with one attached hydrogen (secondary N) is 3. The fourth-order valence-corrected chi connectivity index (χ4v) is 1.41. The van der Waals surface area contributed by atoms with E-state index in [0.29, 0.717) is 0 Å². The Hall–Kier alpha value is -2.20. The fraction of sp³-hybridized carbons (Fsp3) is 0.667.